The van der Waals surface area contributed by atoms with Crippen molar-refractivity contribution < 1.29 is 9.47 Å². The van der Waals surface area contributed by atoms with Gasteiger partial charge >= 0.3 is 0 Å². The van der Waals surface area contributed by atoms with Crippen LogP contribution in [0.15, 0.2) is 52.5 Å². The Morgan fingerprint density at radius 1 is 1.25 bits per heavy atom. The Labute approximate surface area is 175 Å². The van der Waals surface area contributed by atoms with Crippen molar-refractivity contribution in [3.63, 3.8) is 0 Å². The predicted octanol–water partition coefficient (Wildman–Crippen LogP) is 4.08. The first-order chi connectivity index (χ1) is 13.5. The van der Waals surface area contributed by atoms with Crippen molar-refractivity contribution >= 4 is 41.6 Å². The third kappa shape index (κ3) is 4.78. The molecule has 0 saturated heterocycles. The van der Waals surface area contributed by atoms with Gasteiger partial charge in [-0.15, -0.1) is 0 Å². The lowest BCUT2D eigenvalue weighted by molar-refractivity contribution is 0.284. The summed E-state index contributed by atoms with van der Waals surface area (Å²) >= 11 is 17.1. The highest BCUT2D eigenvalue weighted by Crippen LogP contribution is 2.29. The summed E-state index contributed by atoms with van der Waals surface area (Å²) in [7, 11) is 1.54. The minimum Gasteiger partial charge on any atom is -0.493 e. The number of aromatic amines is 1. The molecule has 1 heterocycles. The molecule has 10 heteroatoms. The van der Waals surface area contributed by atoms with E-state index in [9.17, 15) is 4.79 Å². The van der Waals surface area contributed by atoms with Gasteiger partial charge in [-0.1, -0.05) is 29.3 Å². The maximum atomic E-state index is 11.8. The van der Waals surface area contributed by atoms with Gasteiger partial charge in [-0.05, 0) is 48.1 Å². The van der Waals surface area contributed by atoms with E-state index in [1.54, 1.807) is 43.5 Å². The molecule has 3 aromatic rings. The van der Waals surface area contributed by atoms with E-state index >= 15 is 0 Å². The van der Waals surface area contributed by atoms with Crippen LogP contribution in [-0.2, 0) is 6.61 Å². The number of methoxy groups -OCH3 is 1. The highest BCUT2D eigenvalue weighted by atomic mass is 35.5. The first-order valence-electron chi connectivity index (χ1n) is 7.94. The number of hydrogen-bond acceptors (Lipinski definition) is 6. The van der Waals surface area contributed by atoms with Crippen molar-refractivity contribution in [3.05, 3.63) is 78.9 Å². The van der Waals surface area contributed by atoms with Crippen LogP contribution < -0.4 is 15.0 Å². The van der Waals surface area contributed by atoms with Crippen LogP contribution in [-0.4, -0.2) is 28.2 Å². The van der Waals surface area contributed by atoms with Gasteiger partial charge in [0.2, 0.25) is 4.77 Å². The van der Waals surface area contributed by atoms with Gasteiger partial charge in [0, 0.05) is 15.6 Å². The molecule has 28 heavy (non-hydrogen) atoms. The number of benzene rings is 2. The van der Waals surface area contributed by atoms with E-state index in [0.717, 1.165) is 16.4 Å². The summed E-state index contributed by atoms with van der Waals surface area (Å²) in [5.41, 5.74) is 1.01. The molecule has 7 nitrogen and oxygen atoms in total. The second-order valence-corrected chi connectivity index (χ2v) is 6.73. The molecule has 0 amide bonds. The van der Waals surface area contributed by atoms with Crippen LogP contribution in [0.4, 0.5) is 0 Å². The van der Waals surface area contributed by atoms with Crippen molar-refractivity contribution in [3.8, 4) is 11.5 Å². The van der Waals surface area contributed by atoms with Gasteiger partial charge in [0.25, 0.3) is 5.56 Å². The highest BCUT2D eigenvalue weighted by Gasteiger charge is 2.08. The number of halogens is 2. The molecule has 0 unspecified atom stereocenters. The summed E-state index contributed by atoms with van der Waals surface area (Å²) in [5, 5.41) is 11.3. The molecule has 0 fully saturated rings. The summed E-state index contributed by atoms with van der Waals surface area (Å²) in [4.78, 5) is 11.8. The highest BCUT2D eigenvalue weighted by molar-refractivity contribution is 7.71. The van der Waals surface area contributed by atoms with Gasteiger partial charge < -0.3 is 9.47 Å². The monoisotopic (exact) mass is 436 g/mol. The van der Waals surface area contributed by atoms with Gasteiger partial charge in [0.05, 0.1) is 13.3 Å². The first-order valence-corrected chi connectivity index (χ1v) is 9.10. The van der Waals surface area contributed by atoms with E-state index < -0.39 is 5.56 Å². The van der Waals surface area contributed by atoms with Crippen molar-refractivity contribution in [2.75, 3.05) is 7.11 Å². The molecule has 0 radical (unpaired) electrons. The molecule has 2 aromatic carbocycles. The molecule has 0 aliphatic carbocycles. The molecule has 3 rings (SSSR count). The minimum absolute atomic E-state index is 0.0890. The van der Waals surface area contributed by atoms with E-state index in [0.29, 0.717) is 27.1 Å². The number of ether oxygens (including phenoxy) is 2. The van der Waals surface area contributed by atoms with Gasteiger partial charge in [-0.25, -0.2) is 0 Å². The summed E-state index contributed by atoms with van der Waals surface area (Å²) in [6, 6.07) is 10.4. The molecule has 0 aliphatic heterocycles. The molecule has 0 saturated carbocycles. The lowest BCUT2D eigenvalue weighted by Crippen LogP contribution is -2.18. The predicted molar refractivity (Wildman–Crippen MR) is 110 cm³/mol. The van der Waals surface area contributed by atoms with Gasteiger partial charge in [-0.2, -0.15) is 14.9 Å². The molecule has 0 bridgehead atoms. The number of hydrogen-bond donors (Lipinski definition) is 1. The van der Waals surface area contributed by atoms with E-state index in [1.165, 1.54) is 6.21 Å². The molecule has 0 spiro atoms. The fourth-order valence-corrected chi connectivity index (χ4v) is 2.91. The maximum Gasteiger partial charge on any atom is 0.293 e. The molecular formula is C18H14Cl2N4O3S. The molecule has 0 aliphatic rings. The van der Waals surface area contributed by atoms with Crippen molar-refractivity contribution in [2.45, 2.75) is 6.61 Å². The molecule has 1 N–H and O–H groups in total. The number of H-pyrrole nitrogens is 1. The van der Waals surface area contributed by atoms with Gasteiger partial charge in [0.1, 0.15) is 12.8 Å². The fraction of sp³-hybridized carbons (Fsp3) is 0.111. The Bertz CT molecular complexity index is 1120. The zero-order chi connectivity index (χ0) is 20.1. The van der Waals surface area contributed by atoms with Crippen LogP contribution in [0, 0.1) is 4.77 Å². The summed E-state index contributed by atoms with van der Waals surface area (Å²) in [5.74, 6) is 1.03. The topological polar surface area (TPSA) is 81.5 Å². The quantitative estimate of drug-likeness (QED) is 0.464. The van der Waals surface area contributed by atoms with Crippen molar-refractivity contribution in [2.24, 2.45) is 5.10 Å². The minimum atomic E-state index is -0.442. The first kappa shape index (κ1) is 20.1. The largest absolute Gasteiger partial charge is 0.493 e. The van der Waals surface area contributed by atoms with E-state index in [-0.39, 0.29) is 11.4 Å². The Morgan fingerprint density at radius 3 is 2.79 bits per heavy atom. The van der Waals surface area contributed by atoms with Crippen LogP contribution in [0.5, 0.6) is 11.5 Å². The molecule has 0 atom stereocenters. The van der Waals surface area contributed by atoms with Gasteiger partial charge in [0.15, 0.2) is 11.5 Å². The van der Waals surface area contributed by atoms with Crippen LogP contribution in [0.1, 0.15) is 11.1 Å². The van der Waals surface area contributed by atoms with E-state index in [2.05, 4.69) is 15.3 Å². The molecule has 144 valence electrons. The molecular weight excluding hydrogens is 423 g/mol. The van der Waals surface area contributed by atoms with Crippen LogP contribution in [0.3, 0.4) is 0 Å². The smallest absolute Gasteiger partial charge is 0.293 e. The van der Waals surface area contributed by atoms with Crippen LogP contribution in [0.25, 0.3) is 0 Å². The van der Waals surface area contributed by atoms with Crippen molar-refractivity contribution in [1.82, 2.24) is 14.9 Å². The summed E-state index contributed by atoms with van der Waals surface area (Å²) in [6.45, 7) is 0.224. The van der Waals surface area contributed by atoms with Gasteiger partial charge in [-0.3, -0.25) is 9.89 Å². The Kier molecular flexibility index (Phi) is 6.45. The zero-order valence-corrected chi connectivity index (χ0v) is 16.9. The Morgan fingerprint density at radius 2 is 2.07 bits per heavy atom. The number of rotatable bonds is 6. The van der Waals surface area contributed by atoms with Crippen LogP contribution >= 0.6 is 35.4 Å². The number of aromatic nitrogens is 3. The maximum absolute atomic E-state index is 11.8. The van der Waals surface area contributed by atoms with E-state index in [4.69, 9.17) is 44.9 Å². The number of nitrogens with one attached hydrogen (secondary N) is 1. The lowest BCUT2D eigenvalue weighted by Gasteiger charge is -2.12. The Balaban J connectivity index is 1.84. The van der Waals surface area contributed by atoms with Crippen molar-refractivity contribution in [1.29, 1.82) is 0 Å². The lowest BCUT2D eigenvalue weighted by atomic mass is 10.2. The third-order valence-corrected chi connectivity index (χ3v) is 4.50. The van der Waals surface area contributed by atoms with Crippen LogP contribution in [0.2, 0.25) is 10.0 Å². The normalized spacial score (nSPS) is 11.0. The average Bonchev–Trinajstić information content (AvgIpc) is 2.67. The SMILES string of the molecule is COc1ccc(/C=N/n2c(=O)cn[nH]c2=S)cc1OCc1ccc(Cl)cc1Cl. The van der Waals surface area contributed by atoms with E-state index in [1.807, 2.05) is 0 Å². The number of nitrogens with zero attached hydrogens (tertiary/aromatic N) is 3. The zero-order valence-electron chi connectivity index (χ0n) is 14.6. The summed E-state index contributed by atoms with van der Waals surface area (Å²) < 4.78 is 12.3. The summed E-state index contributed by atoms with van der Waals surface area (Å²) in [6.07, 6.45) is 2.57. The molecule has 1 aromatic heterocycles. The second kappa shape index (κ2) is 9.01. The fourth-order valence-electron chi connectivity index (χ4n) is 2.26. The average molecular weight is 437 g/mol. The second-order valence-electron chi connectivity index (χ2n) is 5.50. The Hall–Kier alpha value is -2.68. The standard InChI is InChI=1S/C18H14Cl2N4O3S/c1-26-15-5-2-11(8-22-24-17(25)9-21-23-18(24)28)6-16(15)27-10-12-3-4-13(19)7-14(12)20/h2-9H,10H2,1H3,(H,23,28)/b22-8+. The third-order valence-electron chi connectivity index (χ3n) is 3.64.